The summed E-state index contributed by atoms with van der Waals surface area (Å²) in [7, 11) is 4.19. The van der Waals surface area contributed by atoms with Gasteiger partial charge in [0.05, 0.1) is 12.1 Å². The topological polar surface area (TPSA) is 33.1 Å². The molecule has 21 heavy (non-hydrogen) atoms. The van der Waals surface area contributed by atoms with Gasteiger partial charge in [-0.3, -0.25) is 4.68 Å². The number of benzene rings is 1. The molecule has 2 atom stereocenters. The van der Waals surface area contributed by atoms with Gasteiger partial charge in [0, 0.05) is 24.2 Å². The Hall–Kier alpha value is -1.39. The summed E-state index contributed by atoms with van der Waals surface area (Å²) in [5.74, 6) is 0.804. The van der Waals surface area contributed by atoms with E-state index < -0.39 is 0 Å². The van der Waals surface area contributed by atoms with Crippen LogP contribution in [-0.2, 0) is 6.54 Å². The van der Waals surface area contributed by atoms with E-state index in [2.05, 4.69) is 65.4 Å². The van der Waals surface area contributed by atoms with Gasteiger partial charge >= 0.3 is 0 Å². The summed E-state index contributed by atoms with van der Waals surface area (Å²) in [5.41, 5.74) is 2.50. The summed E-state index contributed by atoms with van der Waals surface area (Å²) in [6.07, 6.45) is 4.73. The van der Waals surface area contributed by atoms with Crippen molar-refractivity contribution in [2.24, 2.45) is 5.92 Å². The van der Waals surface area contributed by atoms with Gasteiger partial charge in [-0.15, -0.1) is 0 Å². The smallest absolute Gasteiger partial charge is 0.0923 e. The summed E-state index contributed by atoms with van der Waals surface area (Å²) in [6.45, 7) is 5.41. The summed E-state index contributed by atoms with van der Waals surface area (Å²) >= 11 is 0. The SMILES string of the molecule is C[C@@H]1CC[C@@H](c2ccc3nn(CCN(C)C)cc3c2)NC1. The highest BCUT2D eigenvalue weighted by molar-refractivity contribution is 5.78. The number of likely N-dealkylation sites (N-methyl/N-ethyl adjacent to an activating group) is 1. The van der Waals surface area contributed by atoms with Crippen molar-refractivity contribution < 1.29 is 0 Å². The molecule has 0 unspecified atom stereocenters. The third-order valence-corrected chi connectivity index (χ3v) is 4.42. The van der Waals surface area contributed by atoms with Crippen molar-refractivity contribution in [3.63, 3.8) is 0 Å². The molecule has 0 bridgehead atoms. The minimum Gasteiger partial charge on any atom is -0.310 e. The quantitative estimate of drug-likeness (QED) is 0.938. The van der Waals surface area contributed by atoms with Crippen molar-refractivity contribution in [2.45, 2.75) is 32.4 Å². The molecule has 1 aromatic carbocycles. The van der Waals surface area contributed by atoms with Gasteiger partial charge in [0.15, 0.2) is 0 Å². The molecule has 1 fully saturated rings. The first-order valence-corrected chi connectivity index (χ1v) is 7.97. The zero-order valence-corrected chi connectivity index (χ0v) is 13.3. The number of nitrogens with zero attached hydrogens (tertiary/aromatic N) is 3. The number of fused-ring (bicyclic) bond motifs is 1. The van der Waals surface area contributed by atoms with Crippen LogP contribution in [0.3, 0.4) is 0 Å². The fraction of sp³-hybridized carbons (Fsp3) is 0.588. The minimum atomic E-state index is 0.510. The second-order valence-electron chi connectivity index (χ2n) is 6.66. The highest BCUT2D eigenvalue weighted by Gasteiger charge is 2.19. The molecule has 1 aliphatic rings. The number of aromatic nitrogens is 2. The lowest BCUT2D eigenvalue weighted by Gasteiger charge is -2.28. The Morgan fingerprint density at radius 1 is 1.33 bits per heavy atom. The van der Waals surface area contributed by atoms with E-state index in [1.54, 1.807) is 0 Å². The van der Waals surface area contributed by atoms with E-state index in [-0.39, 0.29) is 0 Å². The Kier molecular flexibility index (Phi) is 4.27. The molecule has 2 aromatic rings. The molecule has 114 valence electrons. The van der Waals surface area contributed by atoms with E-state index in [0.717, 1.165) is 31.1 Å². The predicted molar refractivity (Wildman–Crippen MR) is 87.4 cm³/mol. The molecular weight excluding hydrogens is 260 g/mol. The first-order chi connectivity index (χ1) is 10.1. The lowest BCUT2D eigenvalue weighted by molar-refractivity contribution is 0.333. The molecule has 4 heteroatoms. The van der Waals surface area contributed by atoms with Crippen LogP contribution >= 0.6 is 0 Å². The molecule has 2 heterocycles. The second kappa shape index (κ2) is 6.16. The monoisotopic (exact) mass is 286 g/mol. The van der Waals surface area contributed by atoms with Crippen LogP contribution in [0.1, 0.15) is 31.4 Å². The average molecular weight is 286 g/mol. The van der Waals surface area contributed by atoms with E-state index in [9.17, 15) is 0 Å². The average Bonchev–Trinajstić information content (AvgIpc) is 2.88. The molecule has 4 nitrogen and oxygen atoms in total. The van der Waals surface area contributed by atoms with Crippen LogP contribution in [0.2, 0.25) is 0 Å². The van der Waals surface area contributed by atoms with E-state index >= 15 is 0 Å². The standard InChI is InChI=1S/C17H26N4/c1-13-4-6-16(18-11-13)14-5-7-17-15(10-14)12-21(19-17)9-8-20(2)3/h5,7,10,12-13,16,18H,4,6,8-9,11H2,1-3H3/t13-,16+/m1/s1. The highest BCUT2D eigenvalue weighted by atomic mass is 15.3. The Balaban J connectivity index is 1.76. The van der Waals surface area contributed by atoms with Crippen LogP contribution in [0.15, 0.2) is 24.4 Å². The molecule has 0 saturated carbocycles. The van der Waals surface area contributed by atoms with Crippen molar-refractivity contribution in [2.75, 3.05) is 27.2 Å². The summed E-state index contributed by atoms with van der Waals surface area (Å²) < 4.78 is 2.06. The summed E-state index contributed by atoms with van der Waals surface area (Å²) in [6, 6.07) is 7.22. The molecular formula is C17H26N4. The Bertz CT molecular complexity index is 594. The number of rotatable bonds is 4. The maximum absolute atomic E-state index is 4.65. The van der Waals surface area contributed by atoms with Gasteiger partial charge in [0.2, 0.25) is 0 Å². The van der Waals surface area contributed by atoms with Gasteiger partial charge in [0.25, 0.3) is 0 Å². The molecule has 3 rings (SSSR count). The molecule has 0 radical (unpaired) electrons. The third kappa shape index (κ3) is 3.44. The fourth-order valence-corrected chi connectivity index (χ4v) is 3.01. The largest absolute Gasteiger partial charge is 0.310 e. The zero-order valence-electron chi connectivity index (χ0n) is 13.3. The fourth-order valence-electron chi connectivity index (χ4n) is 3.01. The number of hydrogen-bond acceptors (Lipinski definition) is 3. The summed E-state index contributed by atoms with van der Waals surface area (Å²) in [4.78, 5) is 2.19. The Morgan fingerprint density at radius 2 is 2.19 bits per heavy atom. The third-order valence-electron chi connectivity index (χ3n) is 4.42. The first-order valence-electron chi connectivity index (χ1n) is 7.97. The highest BCUT2D eigenvalue weighted by Crippen LogP contribution is 2.27. The molecule has 1 aliphatic heterocycles. The van der Waals surface area contributed by atoms with E-state index in [1.807, 2.05) is 0 Å². The van der Waals surface area contributed by atoms with Crippen LogP contribution in [0, 0.1) is 5.92 Å². The molecule has 1 aromatic heterocycles. The zero-order chi connectivity index (χ0) is 14.8. The molecule has 1 saturated heterocycles. The van der Waals surface area contributed by atoms with Crippen molar-refractivity contribution in [3.05, 3.63) is 30.0 Å². The Morgan fingerprint density at radius 3 is 2.90 bits per heavy atom. The normalized spacial score (nSPS) is 23.0. The van der Waals surface area contributed by atoms with Crippen LogP contribution in [0.5, 0.6) is 0 Å². The lowest BCUT2D eigenvalue weighted by Crippen LogP contribution is -2.31. The van der Waals surface area contributed by atoms with Gasteiger partial charge in [0.1, 0.15) is 0 Å². The van der Waals surface area contributed by atoms with E-state index in [4.69, 9.17) is 0 Å². The molecule has 0 spiro atoms. The van der Waals surface area contributed by atoms with Crippen molar-refractivity contribution in [1.82, 2.24) is 20.0 Å². The van der Waals surface area contributed by atoms with Crippen molar-refractivity contribution in [3.8, 4) is 0 Å². The number of piperidine rings is 1. The molecule has 0 amide bonds. The van der Waals surface area contributed by atoms with E-state index in [0.29, 0.717) is 6.04 Å². The van der Waals surface area contributed by atoms with Gasteiger partial charge in [-0.25, -0.2) is 0 Å². The summed E-state index contributed by atoms with van der Waals surface area (Å²) in [5, 5.41) is 9.57. The van der Waals surface area contributed by atoms with Crippen LogP contribution < -0.4 is 5.32 Å². The maximum atomic E-state index is 4.65. The lowest BCUT2D eigenvalue weighted by atomic mass is 9.92. The van der Waals surface area contributed by atoms with Crippen LogP contribution in [0.4, 0.5) is 0 Å². The Labute approximate surface area is 127 Å². The maximum Gasteiger partial charge on any atom is 0.0923 e. The second-order valence-corrected chi connectivity index (χ2v) is 6.66. The van der Waals surface area contributed by atoms with Crippen molar-refractivity contribution >= 4 is 10.9 Å². The van der Waals surface area contributed by atoms with E-state index in [1.165, 1.54) is 23.8 Å². The predicted octanol–water partition coefficient (Wildman–Crippen LogP) is 2.66. The van der Waals surface area contributed by atoms with Gasteiger partial charge < -0.3 is 10.2 Å². The minimum absolute atomic E-state index is 0.510. The van der Waals surface area contributed by atoms with Crippen LogP contribution in [-0.4, -0.2) is 41.9 Å². The van der Waals surface area contributed by atoms with Crippen LogP contribution in [0.25, 0.3) is 10.9 Å². The van der Waals surface area contributed by atoms with Gasteiger partial charge in [-0.1, -0.05) is 13.0 Å². The number of nitrogens with one attached hydrogen (secondary N) is 1. The number of hydrogen-bond donors (Lipinski definition) is 1. The molecule has 0 aliphatic carbocycles. The van der Waals surface area contributed by atoms with Gasteiger partial charge in [-0.2, -0.15) is 5.10 Å². The van der Waals surface area contributed by atoms with Crippen molar-refractivity contribution in [1.29, 1.82) is 0 Å². The molecule has 1 N–H and O–H groups in total. The first kappa shape index (κ1) is 14.5. The van der Waals surface area contributed by atoms with Gasteiger partial charge in [-0.05, 0) is 57.1 Å².